The molecule has 1 aliphatic heterocycles. The molecule has 1 amide bonds. The predicted octanol–water partition coefficient (Wildman–Crippen LogP) is 2.28. The summed E-state index contributed by atoms with van der Waals surface area (Å²) in [5.74, 6) is 0.998. The Balaban J connectivity index is 1.86. The number of para-hydroxylation sites is 1. The summed E-state index contributed by atoms with van der Waals surface area (Å²) in [6, 6.07) is 7.29. The molecule has 1 aromatic heterocycles. The Bertz CT molecular complexity index is 968. The second-order valence-electron chi connectivity index (χ2n) is 7.05. The number of nitrogens with one attached hydrogen (secondary N) is 1. The predicted molar refractivity (Wildman–Crippen MR) is 106 cm³/mol. The molecular weight excluding hydrogens is 364 g/mol. The van der Waals surface area contributed by atoms with E-state index in [-0.39, 0.29) is 29.1 Å². The first-order valence-electron chi connectivity index (χ1n) is 8.83. The third-order valence-electron chi connectivity index (χ3n) is 4.89. The van der Waals surface area contributed by atoms with Gasteiger partial charge in [-0.05, 0) is 38.3 Å². The van der Waals surface area contributed by atoms with Crippen LogP contribution < -0.4 is 10.2 Å². The summed E-state index contributed by atoms with van der Waals surface area (Å²) in [7, 11) is -1.19. The molecule has 0 saturated carbocycles. The average Bonchev–Trinajstić information content (AvgIpc) is 2.96. The Morgan fingerprint density at radius 3 is 2.44 bits per heavy atom. The first-order valence-corrected chi connectivity index (χ1v) is 10.6. The van der Waals surface area contributed by atoms with Gasteiger partial charge in [-0.2, -0.15) is 0 Å². The van der Waals surface area contributed by atoms with Crippen LogP contribution in [0.3, 0.4) is 0 Å². The topological polar surface area (TPSA) is 92.3 Å². The van der Waals surface area contributed by atoms with Crippen molar-refractivity contribution in [3.05, 3.63) is 46.9 Å². The minimum atomic E-state index is -3.00. The number of aryl methyl sites for hydroxylation is 3. The summed E-state index contributed by atoms with van der Waals surface area (Å²) >= 11 is 0. The standard InChI is InChI=1S/C19H24N4O3S/c1-12-6-5-7-13(2)18(12)22-19(24)16-10-17(21-14(3)20-16)23(4)15-8-9-27(25,26)11-15/h5-7,10,15H,8-9,11H2,1-4H3,(H,22,24). The normalized spacial score (nSPS) is 18.3. The molecule has 1 aromatic carbocycles. The minimum Gasteiger partial charge on any atom is -0.356 e. The Morgan fingerprint density at radius 1 is 1.19 bits per heavy atom. The highest BCUT2D eigenvalue weighted by atomic mass is 32.2. The van der Waals surface area contributed by atoms with Gasteiger partial charge < -0.3 is 10.2 Å². The lowest BCUT2D eigenvalue weighted by atomic mass is 10.1. The number of sulfone groups is 1. The van der Waals surface area contributed by atoms with Crippen LogP contribution in [0.2, 0.25) is 0 Å². The maximum Gasteiger partial charge on any atom is 0.274 e. The molecule has 2 heterocycles. The second-order valence-corrected chi connectivity index (χ2v) is 9.28. The third-order valence-corrected chi connectivity index (χ3v) is 6.64. The van der Waals surface area contributed by atoms with Gasteiger partial charge in [-0.3, -0.25) is 4.79 Å². The lowest BCUT2D eigenvalue weighted by Gasteiger charge is -2.25. The smallest absolute Gasteiger partial charge is 0.274 e. The number of aromatic nitrogens is 2. The van der Waals surface area contributed by atoms with Crippen LogP contribution in [0.1, 0.15) is 33.9 Å². The number of rotatable bonds is 4. The zero-order valence-corrected chi connectivity index (χ0v) is 16.8. The van der Waals surface area contributed by atoms with Gasteiger partial charge in [0.05, 0.1) is 11.5 Å². The van der Waals surface area contributed by atoms with Crippen LogP contribution in [-0.2, 0) is 9.84 Å². The number of hydrogen-bond acceptors (Lipinski definition) is 6. The highest BCUT2D eigenvalue weighted by molar-refractivity contribution is 7.91. The molecule has 1 N–H and O–H groups in total. The van der Waals surface area contributed by atoms with Crippen LogP contribution in [0.25, 0.3) is 0 Å². The van der Waals surface area contributed by atoms with Crippen molar-refractivity contribution < 1.29 is 13.2 Å². The molecular formula is C19H24N4O3S. The molecule has 0 bridgehead atoms. The average molecular weight is 388 g/mol. The van der Waals surface area contributed by atoms with E-state index in [0.717, 1.165) is 16.8 Å². The molecule has 1 saturated heterocycles. The van der Waals surface area contributed by atoms with Crippen molar-refractivity contribution in [1.29, 1.82) is 0 Å². The van der Waals surface area contributed by atoms with E-state index in [2.05, 4.69) is 15.3 Å². The Morgan fingerprint density at radius 2 is 1.85 bits per heavy atom. The van der Waals surface area contributed by atoms with Gasteiger partial charge in [-0.15, -0.1) is 0 Å². The molecule has 1 atom stereocenters. The number of carbonyl (C=O) groups excluding carboxylic acids is 1. The van der Waals surface area contributed by atoms with Crippen molar-refractivity contribution in [2.45, 2.75) is 33.2 Å². The highest BCUT2D eigenvalue weighted by Gasteiger charge is 2.31. The first kappa shape index (κ1) is 19.3. The zero-order chi connectivity index (χ0) is 19.8. The molecule has 0 radical (unpaired) electrons. The van der Waals surface area contributed by atoms with Crippen molar-refractivity contribution in [2.24, 2.45) is 0 Å². The minimum absolute atomic E-state index is 0.108. The maximum absolute atomic E-state index is 12.8. The van der Waals surface area contributed by atoms with E-state index in [1.165, 1.54) is 0 Å². The molecule has 1 unspecified atom stereocenters. The van der Waals surface area contributed by atoms with Crippen molar-refractivity contribution in [3.63, 3.8) is 0 Å². The van der Waals surface area contributed by atoms with E-state index in [1.54, 1.807) is 20.0 Å². The molecule has 2 aromatic rings. The van der Waals surface area contributed by atoms with Gasteiger partial charge in [0.2, 0.25) is 0 Å². The largest absolute Gasteiger partial charge is 0.356 e. The molecule has 1 aliphatic rings. The molecule has 3 rings (SSSR count). The molecule has 8 heteroatoms. The van der Waals surface area contributed by atoms with E-state index in [9.17, 15) is 13.2 Å². The summed E-state index contributed by atoms with van der Waals surface area (Å²) in [6.45, 7) is 5.60. The number of hydrogen-bond donors (Lipinski definition) is 1. The molecule has 0 aliphatic carbocycles. The fourth-order valence-corrected chi connectivity index (χ4v) is 5.08. The van der Waals surface area contributed by atoms with Gasteiger partial charge in [0.25, 0.3) is 5.91 Å². The van der Waals surface area contributed by atoms with Gasteiger partial charge in [0.1, 0.15) is 17.3 Å². The van der Waals surface area contributed by atoms with Crippen LogP contribution in [0.4, 0.5) is 11.5 Å². The van der Waals surface area contributed by atoms with Crippen molar-refractivity contribution in [2.75, 3.05) is 28.8 Å². The number of benzene rings is 1. The summed E-state index contributed by atoms with van der Waals surface area (Å²) in [5, 5.41) is 2.93. The monoisotopic (exact) mass is 388 g/mol. The van der Waals surface area contributed by atoms with Gasteiger partial charge in [0, 0.05) is 24.8 Å². The van der Waals surface area contributed by atoms with Gasteiger partial charge >= 0.3 is 0 Å². The number of nitrogens with zero attached hydrogens (tertiary/aromatic N) is 3. The highest BCUT2D eigenvalue weighted by Crippen LogP contribution is 2.23. The van der Waals surface area contributed by atoms with Crippen LogP contribution in [0.15, 0.2) is 24.3 Å². The Labute approximate surface area is 159 Å². The van der Waals surface area contributed by atoms with Crippen molar-refractivity contribution in [3.8, 4) is 0 Å². The summed E-state index contributed by atoms with van der Waals surface area (Å²) < 4.78 is 23.5. The Hall–Kier alpha value is -2.48. The van der Waals surface area contributed by atoms with Crippen LogP contribution in [0, 0.1) is 20.8 Å². The maximum atomic E-state index is 12.8. The van der Waals surface area contributed by atoms with Gasteiger partial charge in [-0.1, -0.05) is 18.2 Å². The molecule has 27 heavy (non-hydrogen) atoms. The quantitative estimate of drug-likeness (QED) is 0.864. The van der Waals surface area contributed by atoms with E-state index in [0.29, 0.717) is 18.1 Å². The second kappa shape index (κ2) is 7.26. The Kier molecular flexibility index (Phi) is 5.19. The fraction of sp³-hybridized carbons (Fsp3) is 0.421. The van der Waals surface area contributed by atoms with Crippen LogP contribution in [0.5, 0.6) is 0 Å². The van der Waals surface area contributed by atoms with Gasteiger partial charge in [0.15, 0.2) is 9.84 Å². The van der Waals surface area contributed by atoms with Crippen LogP contribution in [-0.4, -0.2) is 48.9 Å². The summed E-state index contributed by atoms with van der Waals surface area (Å²) in [6.07, 6.45) is 0.561. The molecule has 0 spiro atoms. The number of anilines is 2. The van der Waals surface area contributed by atoms with Crippen molar-refractivity contribution >= 4 is 27.2 Å². The summed E-state index contributed by atoms with van der Waals surface area (Å²) in [5.41, 5.74) is 2.98. The molecule has 1 fully saturated rings. The lowest BCUT2D eigenvalue weighted by Crippen LogP contribution is -2.33. The SMILES string of the molecule is Cc1nc(C(=O)Nc2c(C)cccc2C)cc(N(C)C2CCS(=O)(=O)C2)n1. The third kappa shape index (κ3) is 4.27. The molecule has 7 nitrogen and oxygen atoms in total. The first-order chi connectivity index (χ1) is 12.7. The summed E-state index contributed by atoms with van der Waals surface area (Å²) in [4.78, 5) is 23.2. The number of amides is 1. The zero-order valence-electron chi connectivity index (χ0n) is 16.0. The van der Waals surface area contributed by atoms with E-state index in [1.807, 2.05) is 36.9 Å². The van der Waals surface area contributed by atoms with Crippen molar-refractivity contribution in [1.82, 2.24) is 9.97 Å². The van der Waals surface area contributed by atoms with E-state index < -0.39 is 9.84 Å². The van der Waals surface area contributed by atoms with Crippen LogP contribution >= 0.6 is 0 Å². The van der Waals surface area contributed by atoms with E-state index >= 15 is 0 Å². The van der Waals surface area contributed by atoms with Gasteiger partial charge in [-0.25, -0.2) is 18.4 Å². The fourth-order valence-electron chi connectivity index (χ4n) is 3.31. The number of carbonyl (C=O) groups is 1. The lowest BCUT2D eigenvalue weighted by molar-refractivity contribution is 0.102. The molecule has 144 valence electrons. The van der Waals surface area contributed by atoms with E-state index in [4.69, 9.17) is 0 Å².